The molecule has 0 aromatic carbocycles. The first-order chi connectivity index (χ1) is 6.82. The molecule has 2 nitrogen and oxygen atoms in total. The lowest BCUT2D eigenvalue weighted by atomic mass is 9.69. The van der Waals surface area contributed by atoms with Crippen molar-refractivity contribution in [2.45, 2.75) is 48.5 Å². The summed E-state index contributed by atoms with van der Waals surface area (Å²) in [6.07, 6.45) is 0. The summed E-state index contributed by atoms with van der Waals surface area (Å²) in [5.74, 6) is 1.06. The summed E-state index contributed by atoms with van der Waals surface area (Å²) in [6.45, 7) is 16.4. The standard InChI is InChI=1S/C13H27NO/c1-8-14(9-2)12(15)13(7,10(3)4)11(5)6/h10-11H,8-9H2,1-7H3. The minimum atomic E-state index is -0.230. The van der Waals surface area contributed by atoms with Crippen LogP contribution in [0.2, 0.25) is 0 Å². The van der Waals surface area contributed by atoms with Gasteiger partial charge in [0, 0.05) is 13.1 Å². The van der Waals surface area contributed by atoms with E-state index in [0.717, 1.165) is 13.1 Å². The fraction of sp³-hybridized carbons (Fsp3) is 0.923. The first kappa shape index (κ1) is 14.5. The molecule has 0 radical (unpaired) electrons. The van der Waals surface area contributed by atoms with Crippen molar-refractivity contribution in [1.29, 1.82) is 0 Å². The molecule has 0 N–H and O–H groups in total. The lowest BCUT2D eigenvalue weighted by Gasteiger charge is -2.40. The second-order valence-electron chi connectivity index (χ2n) is 5.07. The molecule has 0 saturated carbocycles. The Labute approximate surface area is 95.0 Å². The maximum atomic E-state index is 12.4. The molecule has 0 aliphatic carbocycles. The van der Waals surface area contributed by atoms with Crippen LogP contribution in [0.15, 0.2) is 0 Å². The summed E-state index contributed by atoms with van der Waals surface area (Å²) in [5.41, 5.74) is -0.230. The first-order valence-electron chi connectivity index (χ1n) is 6.11. The lowest BCUT2D eigenvalue weighted by Crippen LogP contribution is -2.48. The van der Waals surface area contributed by atoms with Crippen LogP contribution in [0.25, 0.3) is 0 Å². The fourth-order valence-electron chi connectivity index (χ4n) is 2.01. The van der Waals surface area contributed by atoms with Crippen LogP contribution < -0.4 is 0 Å². The number of amides is 1. The van der Waals surface area contributed by atoms with Crippen LogP contribution in [-0.4, -0.2) is 23.9 Å². The van der Waals surface area contributed by atoms with Gasteiger partial charge < -0.3 is 4.90 Å². The summed E-state index contributed by atoms with van der Waals surface area (Å²) in [6, 6.07) is 0. The zero-order chi connectivity index (χ0) is 12.2. The predicted molar refractivity (Wildman–Crippen MR) is 65.7 cm³/mol. The lowest BCUT2D eigenvalue weighted by molar-refractivity contribution is -0.146. The Bertz CT molecular complexity index is 197. The highest BCUT2D eigenvalue weighted by molar-refractivity contribution is 5.82. The number of hydrogen-bond donors (Lipinski definition) is 0. The molecule has 0 rings (SSSR count). The normalized spacial score (nSPS) is 12.3. The number of carbonyl (C=O) groups is 1. The topological polar surface area (TPSA) is 20.3 Å². The van der Waals surface area contributed by atoms with E-state index in [1.54, 1.807) is 0 Å². The van der Waals surface area contributed by atoms with Crippen molar-refractivity contribution >= 4 is 5.91 Å². The van der Waals surface area contributed by atoms with Crippen molar-refractivity contribution in [3.05, 3.63) is 0 Å². The van der Waals surface area contributed by atoms with Crippen molar-refractivity contribution in [1.82, 2.24) is 4.90 Å². The summed E-state index contributed by atoms with van der Waals surface area (Å²) >= 11 is 0. The van der Waals surface area contributed by atoms with E-state index in [4.69, 9.17) is 0 Å². The quantitative estimate of drug-likeness (QED) is 0.687. The Hall–Kier alpha value is -0.530. The van der Waals surface area contributed by atoms with E-state index >= 15 is 0 Å². The Balaban J connectivity index is 5.01. The Morgan fingerprint density at radius 1 is 1.07 bits per heavy atom. The van der Waals surface area contributed by atoms with Gasteiger partial charge in [-0.05, 0) is 25.7 Å². The molecule has 0 fully saturated rings. The highest BCUT2D eigenvalue weighted by Gasteiger charge is 2.41. The van der Waals surface area contributed by atoms with E-state index in [1.165, 1.54) is 0 Å². The minimum absolute atomic E-state index is 0.230. The molecular weight excluding hydrogens is 186 g/mol. The summed E-state index contributed by atoms with van der Waals surface area (Å²) in [5, 5.41) is 0. The fourth-order valence-corrected chi connectivity index (χ4v) is 2.01. The highest BCUT2D eigenvalue weighted by atomic mass is 16.2. The van der Waals surface area contributed by atoms with Crippen LogP contribution in [-0.2, 0) is 4.79 Å². The molecule has 0 spiro atoms. The van der Waals surface area contributed by atoms with Crippen LogP contribution in [0.1, 0.15) is 48.5 Å². The van der Waals surface area contributed by atoms with E-state index in [0.29, 0.717) is 17.7 Å². The minimum Gasteiger partial charge on any atom is -0.343 e. The van der Waals surface area contributed by atoms with Gasteiger partial charge in [0.25, 0.3) is 0 Å². The third kappa shape index (κ3) is 2.73. The van der Waals surface area contributed by atoms with Gasteiger partial charge in [-0.2, -0.15) is 0 Å². The molecule has 15 heavy (non-hydrogen) atoms. The average molecular weight is 213 g/mol. The third-order valence-electron chi connectivity index (χ3n) is 3.91. The molecule has 2 heteroatoms. The molecule has 0 atom stereocenters. The number of rotatable bonds is 5. The Morgan fingerprint density at radius 3 is 1.60 bits per heavy atom. The highest BCUT2D eigenvalue weighted by Crippen LogP contribution is 2.37. The molecule has 0 unspecified atom stereocenters. The largest absolute Gasteiger partial charge is 0.343 e. The molecular formula is C13H27NO. The van der Waals surface area contributed by atoms with Gasteiger partial charge in [-0.15, -0.1) is 0 Å². The zero-order valence-corrected chi connectivity index (χ0v) is 11.4. The molecule has 0 bridgehead atoms. The second kappa shape index (κ2) is 5.53. The van der Waals surface area contributed by atoms with Crippen molar-refractivity contribution in [2.75, 3.05) is 13.1 Å². The summed E-state index contributed by atoms with van der Waals surface area (Å²) in [4.78, 5) is 14.4. The van der Waals surface area contributed by atoms with Crippen molar-refractivity contribution in [2.24, 2.45) is 17.3 Å². The van der Waals surface area contributed by atoms with Crippen LogP contribution in [0.5, 0.6) is 0 Å². The maximum Gasteiger partial charge on any atom is 0.229 e. The third-order valence-corrected chi connectivity index (χ3v) is 3.91. The van der Waals surface area contributed by atoms with E-state index in [9.17, 15) is 4.79 Å². The maximum absolute atomic E-state index is 12.4. The smallest absolute Gasteiger partial charge is 0.229 e. The molecule has 0 aromatic heterocycles. The molecule has 0 saturated heterocycles. The van der Waals surface area contributed by atoms with Gasteiger partial charge in [0.2, 0.25) is 5.91 Å². The number of hydrogen-bond acceptors (Lipinski definition) is 1. The van der Waals surface area contributed by atoms with Gasteiger partial charge in [0.15, 0.2) is 0 Å². The van der Waals surface area contributed by atoms with Gasteiger partial charge in [-0.1, -0.05) is 34.6 Å². The summed E-state index contributed by atoms with van der Waals surface area (Å²) in [7, 11) is 0. The van der Waals surface area contributed by atoms with E-state index in [2.05, 4.69) is 34.6 Å². The molecule has 90 valence electrons. The average Bonchev–Trinajstić information content (AvgIpc) is 2.17. The number of nitrogens with zero attached hydrogens (tertiary/aromatic N) is 1. The molecule has 0 aromatic rings. The first-order valence-corrected chi connectivity index (χ1v) is 6.11. The van der Waals surface area contributed by atoms with Crippen molar-refractivity contribution < 1.29 is 4.79 Å². The van der Waals surface area contributed by atoms with E-state index < -0.39 is 0 Å². The van der Waals surface area contributed by atoms with E-state index in [-0.39, 0.29) is 5.41 Å². The molecule has 0 aliphatic heterocycles. The summed E-state index contributed by atoms with van der Waals surface area (Å²) < 4.78 is 0. The zero-order valence-electron chi connectivity index (χ0n) is 11.4. The van der Waals surface area contributed by atoms with Gasteiger partial charge in [0.05, 0.1) is 5.41 Å². The van der Waals surface area contributed by atoms with Gasteiger partial charge in [-0.25, -0.2) is 0 Å². The van der Waals surface area contributed by atoms with Crippen LogP contribution in [0.3, 0.4) is 0 Å². The number of carbonyl (C=O) groups excluding carboxylic acids is 1. The SMILES string of the molecule is CCN(CC)C(=O)C(C)(C(C)C)C(C)C. The van der Waals surface area contributed by atoms with Gasteiger partial charge in [-0.3, -0.25) is 4.79 Å². The van der Waals surface area contributed by atoms with Gasteiger partial charge in [0.1, 0.15) is 0 Å². The monoisotopic (exact) mass is 213 g/mol. The van der Waals surface area contributed by atoms with Crippen LogP contribution >= 0.6 is 0 Å². The predicted octanol–water partition coefficient (Wildman–Crippen LogP) is 3.17. The van der Waals surface area contributed by atoms with Crippen LogP contribution in [0, 0.1) is 17.3 Å². The molecule has 1 amide bonds. The second-order valence-corrected chi connectivity index (χ2v) is 5.07. The van der Waals surface area contributed by atoms with Gasteiger partial charge >= 0.3 is 0 Å². The van der Waals surface area contributed by atoms with E-state index in [1.807, 2.05) is 18.7 Å². The molecule has 0 aliphatic rings. The Morgan fingerprint density at radius 2 is 1.40 bits per heavy atom. The van der Waals surface area contributed by atoms with Crippen LogP contribution in [0.4, 0.5) is 0 Å². The van der Waals surface area contributed by atoms with Crippen molar-refractivity contribution in [3.63, 3.8) is 0 Å². The molecule has 0 heterocycles. The Kier molecular flexibility index (Phi) is 5.33. The van der Waals surface area contributed by atoms with Crippen molar-refractivity contribution in [3.8, 4) is 0 Å².